The number of aryl methyl sites for hydroxylation is 1. The molecule has 0 aliphatic heterocycles. The number of nitrogens with one attached hydrogen (secondary N) is 1. The van der Waals surface area contributed by atoms with E-state index in [0.717, 1.165) is 5.56 Å². The summed E-state index contributed by atoms with van der Waals surface area (Å²) in [6, 6.07) is 6.15. The Balaban J connectivity index is 2.28. The standard InChI is InChI=1S/C14H9ClF3NO/c1-7-2-3-12(9(15)4-7)19-14(20)8-5-10(16)13(18)11(17)6-8/h2-6H,1H3,(H,19,20). The maximum absolute atomic E-state index is 13.1. The second-order valence-corrected chi connectivity index (χ2v) is 4.60. The lowest BCUT2D eigenvalue weighted by Crippen LogP contribution is -2.13. The second-order valence-electron chi connectivity index (χ2n) is 4.19. The van der Waals surface area contributed by atoms with Crippen molar-refractivity contribution in [3.8, 4) is 0 Å². The molecular weight excluding hydrogens is 291 g/mol. The van der Waals surface area contributed by atoms with Gasteiger partial charge in [0.2, 0.25) is 0 Å². The third kappa shape index (κ3) is 2.93. The van der Waals surface area contributed by atoms with E-state index < -0.39 is 23.4 Å². The molecule has 104 valence electrons. The van der Waals surface area contributed by atoms with Crippen molar-refractivity contribution in [1.29, 1.82) is 0 Å². The quantitative estimate of drug-likeness (QED) is 0.822. The maximum Gasteiger partial charge on any atom is 0.255 e. The number of hydrogen-bond acceptors (Lipinski definition) is 1. The van der Waals surface area contributed by atoms with Crippen LogP contribution < -0.4 is 5.32 Å². The Kier molecular flexibility index (Phi) is 3.99. The van der Waals surface area contributed by atoms with Gasteiger partial charge in [0.25, 0.3) is 5.91 Å². The normalized spacial score (nSPS) is 10.4. The van der Waals surface area contributed by atoms with E-state index in [1.807, 2.05) is 6.92 Å². The van der Waals surface area contributed by atoms with Crippen molar-refractivity contribution in [3.63, 3.8) is 0 Å². The van der Waals surface area contributed by atoms with Crippen molar-refractivity contribution < 1.29 is 18.0 Å². The molecule has 2 nitrogen and oxygen atoms in total. The minimum atomic E-state index is -1.62. The van der Waals surface area contributed by atoms with Crippen LogP contribution in [0.1, 0.15) is 15.9 Å². The Morgan fingerprint density at radius 2 is 1.70 bits per heavy atom. The van der Waals surface area contributed by atoms with E-state index >= 15 is 0 Å². The molecule has 2 aromatic rings. The van der Waals surface area contributed by atoms with Gasteiger partial charge in [0.05, 0.1) is 10.7 Å². The third-order valence-electron chi connectivity index (χ3n) is 2.62. The first-order valence-corrected chi connectivity index (χ1v) is 5.98. The minimum absolute atomic E-state index is 0.293. The van der Waals surface area contributed by atoms with Crippen molar-refractivity contribution in [1.82, 2.24) is 0 Å². The molecule has 1 N–H and O–H groups in total. The largest absolute Gasteiger partial charge is 0.321 e. The number of benzene rings is 2. The van der Waals surface area contributed by atoms with Gasteiger partial charge in [-0.1, -0.05) is 17.7 Å². The molecule has 0 spiro atoms. The van der Waals surface area contributed by atoms with Crippen molar-refractivity contribution in [3.05, 3.63) is 63.9 Å². The summed E-state index contributed by atoms with van der Waals surface area (Å²) in [5, 5.41) is 2.69. The molecule has 2 rings (SSSR count). The lowest BCUT2D eigenvalue weighted by Gasteiger charge is -2.08. The number of amides is 1. The first-order valence-electron chi connectivity index (χ1n) is 5.60. The third-order valence-corrected chi connectivity index (χ3v) is 2.93. The molecule has 1 amide bonds. The Bertz CT molecular complexity index is 665. The summed E-state index contributed by atoms with van der Waals surface area (Å²) < 4.78 is 38.9. The predicted octanol–water partition coefficient (Wildman–Crippen LogP) is 4.32. The van der Waals surface area contributed by atoms with Gasteiger partial charge in [0, 0.05) is 5.56 Å². The van der Waals surface area contributed by atoms with Gasteiger partial charge in [-0.25, -0.2) is 13.2 Å². The highest BCUT2D eigenvalue weighted by molar-refractivity contribution is 6.34. The summed E-state index contributed by atoms with van der Waals surface area (Å²) in [6.07, 6.45) is 0. The van der Waals surface area contributed by atoms with Gasteiger partial charge in [-0.15, -0.1) is 0 Å². The van der Waals surface area contributed by atoms with Gasteiger partial charge >= 0.3 is 0 Å². The van der Waals surface area contributed by atoms with E-state index in [9.17, 15) is 18.0 Å². The fourth-order valence-electron chi connectivity index (χ4n) is 1.60. The molecule has 0 saturated carbocycles. The first-order chi connectivity index (χ1) is 9.38. The van der Waals surface area contributed by atoms with Crippen molar-refractivity contribution in [2.24, 2.45) is 0 Å². The molecule has 0 saturated heterocycles. The number of halogens is 4. The lowest BCUT2D eigenvalue weighted by molar-refractivity contribution is 0.102. The van der Waals surface area contributed by atoms with E-state index in [-0.39, 0.29) is 5.56 Å². The number of hydrogen-bond donors (Lipinski definition) is 1. The number of anilines is 1. The fourth-order valence-corrected chi connectivity index (χ4v) is 1.88. The SMILES string of the molecule is Cc1ccc(NC(=O)c2cc(F)c(F)c(F)c2)c(Cl)c1. The monoisotopic (exact) mass is 299 g/mol. The molecule has 0 atom stereocenters. The minimum Gasteiger partial charge on any atom is -0.321 e. The summed E-state index contributed by atoms with van der Waals surface area (Å²) in [6.45, 7) is 1.82. The highest BCUT2D eigenvalue weighted by atomic mass is 35.5. The summed E-state index contributed by atoms with van der Waals surface area (Å²) in [5.41, 5.74) is 0.859. The Morgan fingerprint density at radius 1 is 1.10 bits per heavy atom. The second kappa shape index (κ2) is 5.54. The Morgan fingerprint density at radius 3 is 2.25 bits per heavy atom. The van der Waals surface area contributed by atoms with Crippen LogP contribution >= 0.6 is 11.6 Å². The Hall–Kier alpha value is -2.01. The van der Waals surface area contributed by atoms with Crippen LogP contribution in [-0.4, -0.2) is 5.91 Å². The van der Waals surface area contributed by atoms with Crippen LogP contribution in [0.5, 0.6) is 0 Å². The molecule has 0 unspecified atom stereocenters. The zero-order valence-corrected chi connectivity index (χ0v) is 11.1. The molecule has 0 aromatic heterocycles. The van der Waals surface area contributed by atoms with Crippen molar-refractivity contribution in [2.45, 2.75) is 6.92 Å². The van der Waals surface area contributed by atoms with Crippen LogP contribution in [0.3, 0.4) is 0 Å². The van der Waals surface area contributed by atoms with Gasteiger partial charge in [-0.05, 0) is 36.8 Å². The van der Waals surface area contributed by atoms with E-state index in [1.54, 1.807) is 18.2 Å². The topological polar surface area (TPSA) is 29.1 Å². The van der Waals surface area contributed by atoms with Crippen molar-refractivity contribution in [2.75, 3.05) is 5.32 Å². The molecule has 0 bridgehead atoms. The van der Waals surface area contributed by atoms with Gasteiger partial charge in [0.15, 0.2) is 17.5 Å². The van der Waals surface area contributed by atoms with Crippen LogP contribution in [0.4, 0.5) is 18.9 Å². The van der Waals surface area contributed by atoms with Gasteiger partial charge < -0.3 is 5.32 Å². The molecule has 0 radical (unpaired) electrons. The van der Waals surface area contributed by atoms with Crippen molar-refractivity contribution >= 4 is 23.2 Å². The molecule has 2 aromatic carbocycles. The summed E-state index contributed by atoms with van der Waals surface area (Å²) in [5.74, 6) is -5.25. The highest BCUT2D eigenvalue weighted by Crippen LogP contribution is 2.23. The molecule has 20 heavy (non-hydrogen) atoms. The van der Waals surface area contributed by atoms with Gasteiger partial charge in [-0.2, -0.15) is 0 Å². The number of rotatable bonds is 2. The van der Waals surface area contributed by atoms with Gasteiger partial charge in [0.1, 0.15) is 0 Å². The van der Waals surface area contributed by atoms with Crippen LogP contribution in [0.25, 0.3) is 0 Å². The van der Waals surface area contributed by atoms with E-state index in [1.165, 1.54) is 0 Å². The fraction of sp³-hybridized carbons (Fsp3) is 0.0714. The summed E-state index contributed by atoms with van der Waals surface area (Å²) >= 11 is 5.93. The number of carbonyl (C=O) groups is 1. The van der Waals surface area contributed by atoms with E-state index in [0.29, 0.717) is 22.8 Å². The Labute approximate surface area is 118 Å². The maximum atomic E-state index is 13.1. The smallest absolute Gasteiger partial charge is 0.255 e. The molecule has 6 heteroatoms. The average Bonchev–Trinajstić information content (AvgIpc) is 2.38. The lowest BCUT2D eigenvalue weighted by atomic mass is 10.1. The molecule has 0 aliphatic carbocycles. The van der Waals surface area contributed by atoms with Crippen LogP contribution in [0, 0.1) is 24.4 Å². The summed E-state index contributed by atoms with van der Waals surface area (Å²) in [7, 11) is 0. The van der Waals surface area contributed by atoms with Crippen LogP contribution in [0.2, 0.25) is 5.02 Å². The summed E-state index contributed by atoms with van der Waals surface area (Å²) in [4.78, 5) is 11.8. The molecule has 0 fully saturated rings. The van der Waals surface area contributed by atoms with Crippen LogP contribution in [0.15, 0.2) is 30.3 Å². The molecule has 0 aliphatic rings. The highest BCUT2D eigenvalue weighted by Gasteiger charge is 2.15. The van der Waals surface area contributed by atoms with E-state index in [4.69, 9.17) is 11.6 Å². The molecular formula is C14H9ClF3NO. The zero-order valence-electron chi connectivity index (χ0n) is 10.3. The first kappa shape index (κ1) is 14.4. The predicted molar refractivity (Wildman–Crippen MR) is 70.5 cm³/mol. The average molecular weight is 300 g/mol. The van der Waals surface area contributed by atoms with Crippen LogP contribution in [-0.2, 0) is 0 Å². The van der Waals surface area contributed by atoms with Gasteiger partial charge in [-0.3, -0.25) is 4.79 Å². The number of carbonyl (C=O) groups excluding carboxylic acids is 1. The van der Waals surface area contributed by atoms with E-state index in [2.05, 4.69) is 5.32 Å². The molecule has 0 heterocycles. The zero-order chi connectivity index (χ0) is 14.9.